The van der Waals surface area contributed by atoms with E-state index in [4.69, 9.17) is 10.7 Å². The van der Waals surface area contributed by atoms with E-state index in [2.05, 4.69) is 25.1 Å². The van der Waals surface area contributed by atoms with Crippen LogP contribution in [0.5, 0.6) is 0 Å². The highest BCUT2D eigenvalue weighted by Gasteiger charge is 2.52. The number of nitrogens with zero attached hydrogens (tertiary/aromatic N) is 9. The van der Waals surface area contributed by atoms with Gasteiger partial charge in [0.05, 0.1) is 6.04 Å². The number of pyridine rings is 1. The van der Waals surface area contributed by atoms with E-state index in [0.717, 1.165) is 72.1 Å². The number of fused-ring (bicyclic) bond motifs is 3. The van der Waals surface area contributed by atoms with Crippen molar-refractivity contribution < 1.29 is 27.5 Å². The molecule has 2 saturated heterocycles. The van der Waals surface area contributed by atoms with Crippen molar-refractivity contribution in [3.63, 3.8) is 0 Å². The topological polar surface area (TPSA) is 150 Å². The van der Waals surface area contributed by atoms with Gasteiger partial charge in [-0.05, 0) is 81.2 Å². The van der Waals surface area contributed by atoms with Crippen LogP contribution in [0.2, 0.25) is 0 Å². The lowest BCUT2D eigenvalue weighted by Crippen LogP contribution is -2.50. The Kier molecular flexibility index (Phi) is 11.9. The SMILES string of the molecule is Cc1cc(C)n2c1C=C1C=CC(CCC(=O)CCCN3CCN(C/C=C/C(=O)N4CCC[C@H]4c4nc(-c5ccc(C(=O)Nc6ccccn6)cc5)c5c(N)nccn45)CC3)=[N+]1[B-]2(F)F. The summed E-state index contributed by atoms with van der Waals surface area (Å²) < 4.78 is 35.7. The van der Waals surface area contributed by atoms with E-state index in [1.165, 1.54) is 0 Å². The molecule has 0 saturated carbocycles. The number of benzene rings is 1. The van der Waals surface area contributed by atoms with E-state index >= 15 is 8.63 Å². The van der Waals surface area contributed by atoms with Crippen LogP contribution in [0.1, 0.15) is 77.7 Å². The molecule has 1 aromatic carbocycles. The Labute approximate surface area is 370 Å². The van der Waals surface area contributed by atoms with E-state index < -0.39 is 6.97 Å². The Morgan fingerprint density at radius 1 is 0.969 bits per heavy atom. The summed E-state index contributed by atoms with van der Waals surface area (Å²) in [5.74, 6) is 1.23. The number of anilines is 2. The number of amides is 2. The average molecular weight is 868 g/mol. The number of hydrogen-bond acceptors (Lipinski definition) is 9. The summed E-state index contributed by atoms with van der Waals surface area (Å²) in [6, 6.07) is 14.0. The molecule has 0 radical (unpaired) electrons. The van der Waals surface area contributed by atoms with Gasteiger partial charge in [0.2, 0.25) is 5.91 Å². The number of carbonyl (C=O) groups excluding carboxylic acids is 3. The van der Waals surface area contributed by atoms with Crippen molar-refractivity contribution >= 4 is 53.5 Å². The Morgan fingerprint density at radius 3 is 2.55 bits per heavy atom. The molecule has 0 spiro atoms. The Bertz CT molecular complexity index is 2730. The van der Waals surface area contributed by atoms with E-state index in [0.29, 0.717) is 76.5 Å². The number of rotatable bonds is 14. The fourth-order valence-corrected chi connectivity index (χ4v) is 9.61. The van der Waals surface area contributed by atoms with Crippen LogP contribution in [0.4, 0.5) is 20.3 Å². The second-order valence-corrected chi connectivity index (χ2v) is 17.0. The van der Waals surface area contributed by atoms with Crippen molar-refractivity contribution in [3.05, 3.63) is 125 Å². The number of halogens is 2. The number of carbonyl (C=O) groups is 3. The van der Waals surface area contributed by atoms with Crippen LogP contribution in [0.25, 0.3) is 22.9 Å². The van der Waals surface area contributed by atoms with Gasteiger partial charge in [0, 0.05) is 118 Å². The number of aryl methyl sites for hydroxylation is 2. The molecule has 0 aliphatic carbocycles. The summed E-state index contributed by atoms with van der Waals surface area (Å²) in [5, 5.41) is 2.80. The van der Waals surface area contributed by atoms with E-state index in [1.807, 2.05) is 40.6 Å². The second kappa shape index (κ2) is 17.9. The molecule has 2 fully saturated rings. The van der Waals surface area contributed by atoms with Gasteiger partial charge >= 0.3 is 6.97 Å². The van der Waals surface area contributed by atoms with Gasteiger partial charge in [-0.15, -0.1) is 0 Å². The molecule has 14 nitrogen and oxygen atoms in total. The molecule has 4 aliphatic heterocycles. The number of aromatic nitrogens is 5. The number of imidazole rings is 1. The molecule has 330 valence electrons. The number of nitrogens with one attached hydrogen (secondary N) is 1. The van der Waals surface area contributed by atoms with Crippen molar-refractivity contribution in [2.45, 2.75) is 58.4 Å². The summed E-state index contributed by atoms with van der Waals surface area (Å²) in [4.78, 5) is 59.6. The van der Waals surface area contributed by atoms with Crippen LogP contribution in [-0.4, -0.2) is 119 Å². The van der Waals surface area contributed by atoms with Crippen LogP contribution < -0.4 is 11.1 Å². The van der Waals surface area contributed by atoms with Gasteiger partial charge in [0.25, 0.3) is 5.91 Å². The highest BCUT2D eigenvalue weighted by molar-refractivity contribution is 6.58. The predicted molar refractivity (Wildman–Crippen MR) is 244 cm³/mol. The molecule has 0 unspecified atom stereocenters. The maximum atomic E-state index is 15.8. The minimum absolute atomic E-state index is 0.0699. The summed E-state index contributed by atoms with van der Waals surface area (Å²) in [6.45, 7) is 5.02. The molecular weight excluding hydrogens is 815 g/mol. The number of Topliss-reactive ketones (excluding diaryl/α,β-unsaturated/α-hetero) is 1. The molecule has 0 bridgehead atoms. The molecule has 8 heterocycles. The van der Waals surface area contributed by atoms with Gasteiger partial charge in [-0.1, -0.05) is 24.3 Å². The molecule has 64 heavy (non-hydrogen) atoms. The minimum Gasteiger partial charge on any atom is -0.394 e. The van der Waals surface area contributed by atoms with Gasteiger partial charge < -0.3 is 38.4 Å². The Morgan fingerprint density at radius 2 is 1.77 bits per heavy atom. The predicted octanol–water partition coefficient (Wildman–Crippen LogP) is 6.31. The lowest BCUT2D eigenvalue weighted by atomic mass is 9.90. The summed E-state index contributed by atoms with van der Waals surface area (Å²) in [6.07, 6.45) is 17.2. The Hall–Kier alpha value is -6.59. The number of hydrogen-bond donors (Lipinski definition) is 2. The van der Waals surface area contributed by atoms with Gasteiger partial charge in [0.1, 0.15) is 40.2 Å². The van der Waals surface area contributed by atoms with E-state index in [9.17, 15) is 14.4 Å². The first-order valence-electron chi connectivity index (χ1n) is 22.1. The first kappa shape index (κ1) is 42.7. The molecule has 4 aliphatic rings. The third-order valence-electron chi connectivity index (χ3n) is 12.9. The third-order valence-corrected chi connectivity index (χ3v) is 12.9. The second-order valence-electron chi connectivity index (χ2n) is 17.0. The third kappa shape index (κ3) is 8.44. The van der Waals surface area contributed by atoms with Crippen LogP contribution in [0.15, 0.2) is 97.1 Å². The normalized spacial score (nSPS) is 18.5. The van der Waals surface area contributed by atoms with Crippen LogP contribution >= 0.6 is 0 Å². The highest BCUT2D eigenvalue weighted by Crippen LogP contribution is 2.37. The Balaban J connectivity index is 0.745. The lowest BCUT2D eigenvalue weighted by Gasteiger charge is -2.34. The smallest absolute Gasteiger partial charge is 0.394 e. The number of ketones is 1. The van der Waals surface area contributed by atoms with Gasteiger partial charge in [-0.25, -0.2) is 15.0 Å². The first-order chi connectivity index (χ1) is 31.0. The first-order valence-corrected chi connectivity index (χ1v) is 22.1. The fraction of sp³-hybridized carbons (Fsp3) is 0.340. The zero-order chi connectivity index (χ0) is 44.5. The fourth-order valence-electron chi connectivity index (χ4n) is 9.61. The standard InChI is InChI=1S/C47H52BF2N11O3/c1-32-30-33(2)60-40(32)31-37-17-16-36(61(37)48(60,49)50)18-19-38(62)8-5-22-56-26-28-57(29-27-56)23-7-11-42(63)58-24-6-9-39(58)46-55-43(44-45(51)53-21-25-59(44)46)34-12-14-35(15-13-34)47(64)54-41-10-3-4-20-52-41/h3-4,7,10-17,20-21,25,30-31,39H,5-6,8-9,18-19,22-24,26-29H2,1-2H3,(H2,51,53)(H,52,54,64)/b11-7+/t39-/m0/s1. The summed E-state index contributed by atoms with van der Waals surface area (Å²) >= 11 is 0. The highest BCUT2D eigenvalue weighted by atomic mass is 19.2. The maximum Gasteiger partial charge on any atom is 0.737 e. The quantitative estimate of drug-likeness (QED) is 0.0968. The van der Waals surface area contributed by atoms with Crippen LogP contribution in [-0.2, 0) is 9.59 Å². The van der Waals surface area contributed by atoms with Crippen molar-refractivity contribution in [2.24, 2.45) is 0 Å². The lowest BCUT2D eigenvalue weighted by molar-refractivity contribution is -0.362. The monoisotopic (exact) mass is 867 g/mol. The van der Waals surface area contributed by atoms with Gasteiger partial charge in [-0.2, -0.15) is 0 Å². The molecule has 17 heteroatoms. The molecule has 9 rings (SSSR count). The van der Waals surface area contributed by atoms with E-state index in [1.54, 1.807) is 80.0 Å². The van der Waals surface area contributed by atoms with Gasteiger partial charge in [-0.3, -0.25) is 23.7 Å². The molecular formula is C47H52BF2N11O3. The molecule has 2 amide bonds. The van der Waals surface area contributed by atoms with Crippen molar-refractivity contribution in [2.75, 3.05) is 56.9 Å². The van der Waals surface area contributed by atoms with Crippen LogP contribution in [0.3, 0.4) is 0 Å². The largest absolute Gasteiger partial charge is 0.737 e. The zero-order valence-corrected chi connectivity index (χ0v) is 36.2. The van der Waals surface area contributed by atoms with Crippen molar-refractivity contribution in [3.8, 4) is 11.3 Å². The average Bonchev–Trinajstić information content (AvgIpc) is 4.09. The number of piperazine rings is 1. The van der Waals surface area contributed by atoms with Gasteiger partial charge in [0.15, 0.2) is 5.70 Å². The van der Waals surface area contributed by atoms with Crippen molar-refractivity contribution in [1.82, 2.24) is 38.5 Å². The number of allylic oxidation sites excluding steroid dienone is 2. The van der Waals surface area contributed by atoms with E-state index in [-0.39, 0.29) is 36.5 Å². The van der Waals surface area contributed by atoms with Crippen molar-refractivity contribution in [1.29, 1.82) is 0 Å². The molecule has 3 N–H and O–H groups in total. The zero-order valence-electron chi connectivity index (χ0n) is 36.2. The maximum absolute atomic E-state index is 15.8. The summed E-state index contributed by atoms with van der Waals surface area (Å²) in [7, 11) is 0. The number of nitrogens with two attached hydrogens (primary N) is 1. The molecule has 5 aromatic rings. The molecule has 1 atom stereocenters. The number of likely N-dealkylation sites (tertiary alicyclic amines) is 1. The minimum atomic E-state index is -4.03. The van der Waals surface area contributed by atoms with Crippen LogP contribution in [0, 0.1) is 13.8 Å². The summed E-state index contributed by atoms with van der Waals surface area (Å²) in [5.41, 5.74) is 11.8. The number of nitrogen functional groups attached to an aromatic ring is 1. The molecule has 4 aromatic heterocycles.